The summed E-state index contributed by atoms with van der Waals surface area (Å²) >= 11 is 0. The number of nitrogen functional groups attached to an aromatic ring is 1. The number of anilines is 1. The summed E-state index contributed by atoms with van der Waals surface area (Å²) in [6, 6.07) is 11.9. The first-order chi connectivity index (χ1) is 18.6. The second-order valence-electron chi connectivity index (χ2n) is 9.61. The summed E-state index contributed by atoms with van der Waals surface area (Å²) in [7, 11) is 0. The highest BCUT2D eigenvalue weighted by molar-refractivity contribution is 5.86. The number of nitrogens with two attached hydrogens (primary N) is 1. The van der Waals surface area contributed by atoms with Gasteiger partial charge in [-0.2, -0.15) is 4.68 Å². The zero-order valence-corrected chi connectivity index (χ0v) is 20.5. The van der Waals surface area contributed by atoms with Crippen molar-refractivity contribution in [2.45, 2.75) is 25.2 Å². The maximum absolute atomic E-state index is 14.5. The largest absolute Gasteiger partial charge is 0.481 e. The molecule has 2 unspecified atom stereocenters. The predicted molar refractivity (Wildman–Crippen MR) is 136 cm³/mol. The fourth-order valence-corrected chi connectivity index (χ4v) is 4.90. The lowest BCUT2D eigenvalue weighted by Gasteiger charge is -2.38. The molecule has 2 atom stereocenters. The van der Waals surface area contributed by atoms with Crippen LogP contribution in [0.3, 0.4) is 0 Å². The van der Waals surface area contributed by atoms with E-state index in [0.717, 1.165) is 10.7 Å². The topological polar surface area (TPSA) is 157 Å². The molecule has 198 valence electrons. The summed E-state index contributed by atoms with van der Waals surface area (Å²) in [4.78, 5) is 28.5. The van der Waals surface area contributed by atoms with Gasteiger partial charge in [-0.15, -0.1) is 5.10 Å². The van der Waals surface area contributed by atoms with Gasteiger partial charge >= 0.3 is 11.9 Å². The average Bonchev–Trinajstić information content (AvgIpc) is 3.40. The van der Waals surface area contributed by atoms with Gasteiger partial charge in [0.1, 0.15) is 11.5 Å². The highest BCUT2D eigenvalue weighted by Gasteiger charge is 2.49. The highest BCUT2D eigenvalue weighted by Crippen LogP contribution is 2.45. The number of pyridine rings is 1. The van der Waals surface area contributed by atoms with Crippen molar-refractivity contribution in [3.05, 3.63) is 84.1 Å². The number of benzene rings is 2. The number of hydrogen-bond donors (Lipinski definition) is 3. The predicted octanol–water partition coefficient (Wildman–Crippen LogP) is 4.02. The van der Waals surface area contributed by atoms with Gasteiger partial charge in [0.25, 0.3) is 0 Å². The van der Waals surface area contributed by atoms with Crippen molar-refractivity contribution < 1.29 is 28.6 Å². The number of halogens is 2. The second-order valence-corrected chi connectivity index (χ2v) is 9.61. The van der Waals surface area contributed by atoms with Crippen LogP contribution in [0.4, 0.5) is 14.6 Å². The lowest BCUT2D eigenvalue weighted by Crippen LogP contribution is -2.44. The normalized spacial score (nSPS) is 20.6. The van der Waals surface area contributed by atoms with Gasteiger partial charge in [-0.25, -0.2) is 13.8 Å². The Morgan fingerprint density at radius 1 is 1.05 bits per heavy atom. The minimum absolute atomic E-state index is 0.0368. The van der Waals surface area contributed by atoms with Crippen LogP contribution in [0.25, 0.3) is 28.2 Å². The summed E-state index contributed by atoms with van der Waals surface area (Å²) in [5, 5.41) is 31.1. The third-order valence-corrected chi connectivity index (χ3v) is 7.08. The van der Waals surface area contributed by atoms with Gasteiger partial charge in [0.15, 0.2) is 17.5 Å². The molecule has 2 aromatic heterocycles. The van der Waals surface area contributed by atoms with Crippen LogP contribution in [-0.2, 0) is 15.0 Å². The minimum Gasteiger partial charge on any atom is -0.481 e. The Morgan fingerprint density at radius 2 is 1.79 bits per heavy atom. The Balaban J connectivity index is 1.53. The number of aromatic nitrogens is 5. The van der Waals surface area contributed by atoms with E-state index in [-0.39, 0.29) is 35.7 Å². The van der Waals surface area contributed by atoms with E-state index in [1.165, 1.54) is 31.3 Å². The van der Waals surface area contributed by atoms with Gasteiger partial charge in [0.05, 0.1) is 16.4 Å². The van der Waals surface area contributed by atoms with E-state index in [4.69, 9.17) is 5.73 Å². The van der Waals surface area contributed by atoms with Gasteiger partial charge in [0.2, 0.25) is 0 Å². The van der Waals surface area contributed by atoms with Crippen LogP contribution in [0.15, 0.2) is 66.9 Å². The van der Waals surface area contributed by atoms with E-state index in [0.29, 0.717) is 16.7 Å². The number of hydrogen-bond acceptors (Lipinski definition) is 7. The number of carbonyl (C=O) groups is 2. The van der Waals surface area contributed by atoms with Crippen molar-refractivity contribution in [3.8, 4) is 28.2 Å². The van der Waals surface area contributed by atoms with Crippen molar-refractivity contribution >= 4 is 17.8 Å². The molecule has 12 heteroatoms. The third-order valence-electron chi connectivity index (χ3n) is 7.08. The smallest absolute Gasteiger partial charge is 0.314 e. The molecule has 5 rings (SSSR count). The fourth-order valence-electron chi connectivity index (χ4n) is 4.90. The van der Waals surface area contributed by atoms with E-state index in [1.807, 2.05) is 0 Å². The van der Waals surface area contributed by atoms with Gasteiger partial charge in [-0.3, -0.25) is 9.59 Å². The van der Waals surface area contributed by atoms with E-state index >= 15 is 0 Å². The molecule has 0 fully saturated rings. The Labute approximate surface area is 220 Å². The summed E-state index contributed by atoms with van der Waals surface area (Å²) in [6.45, 7) is 1.50. The number of rotatable bonds is 6. The molecule has 1 aliphatic rings. The van der Waals surface area contributed by atoms with Crippen molar-refractivity contribution in [3.63, 3.8) is 0 Å². The van der Waals surface area contributed by atoms with Crippen LogP contribution >= 0.6 is 0 Å². The molecule has 0 amide bonds. The number of carboxylic acid groups (broad SMARTS) is 2. The Hall–Kier alpha value is -5.00. The molecule has 0 saturated carbocycles. The van der Waals surface area contributed by atoms with Crippen LogP contribution in [0.2, 0.25) is 0 Å². The monoisotopic (exact) mass is 532 g/mol. The molecule has 10 nitrogen and oxygen atoms in total. The molecule has 4 N–H and O–H groups in total. The Morgan fingerprint density at radius 3 is 2.49 bits per heavy atom. The molecule has 0 bridgehead atoms. The zero-order chi connectivity index (χ0) is 27.9. The van der Waals surface area contributed by atoms with E-state index < -0.39 is 34.4 Å². The van der Waals surface area contributed by atoms with Crippen molar-refractivity contribution in [2.75, 3.05) is 5.73 Å². The molecule has 0 spiro atoms. The van der Waals surface area contributed by atoms with E-state index in [2.05, 4.69) is 20.5 Å². The highest BCUT2D eigenvalue weighted by atomic mass is 19.2. The summed E-state index contributed by atoms with van der Waals surface area (Å²) in [5.41, 5.74) is 5.09. The van der Waals surface area contributed by atoms with Crippen LogP contribution in [0, 0.1) is 17.0 Å². The van der Waals surface area contributed by atoms with Gasteiger partial charge in [-0.1, -0.05) is 42.5 Å². The maximum atomic E-state index is 14.5. The number of tetrazole rings is 1. The molecular weight excluding hydrogens is 510 g/mol. The van der Waals surface area contributed by atoms with Gasteiger partial charge in [0, 0.05) is 11.8 Å². The first-order valence-corrected chi connectivity index (χ1v) is 11.8. The number of aliphatic carboxylic acids is 2. The van der Waals surface area contributed by atoms with Crippen LogP contribution in [0.1, 0.15) is 25.3 Å². The third kappa shape index (κ3) is 4.29. The van der Waals surface area contributed by atoms with Crippen molar-refractivity contribution in [1.29, 1.82) is 0 Å². The Bertz CT molecular complexity index is 1640. The molecule has 1 aliphatic carbocycles. The number of allylic oxidation sites excluding steroid dienone is 1. The van der Waals surface area contributed by atoms with Gasteiger partial charge < -0.3 is 15.9 Å². The molecule has 2 aromatic carbocycles. The maximum Gasteiger partial charge on any atom is 0.314 e. The summed E-state index contributed by atoms with van der Waals surface area (Å²) < 4.78 is 29.3. The molecular formula is C27H22F2N6O4. The zero-order valence-electron chi connectivity index (χ0n) is 20.5. The van der Waals surface area contributed by atoms with Crippen LogP contribution < -0.4 is 5.73 Å². The lowest BCUT2D eigenvalue weighted by molar-refractivity contribution is -0.151. The van der Waals surface area contributed by atoms with Crippen LogP contribution in [0.5, 0.6) is 0 Å². The quantitative estimate of drug-likeness (QED) is 0.312. The number of carboxylic acids is 2. The minimum atomic E-state index is -1.41. The Kier molecular flexibility index (Phi) is 6.17. The van der Waals surface area contributed by atoms with Crippen LogP contribution in [-0.4, -0.2) is 47.3 Å². The van der Waals surface area contributed by atoms with Gasteiger partial charge in [-0.05, 0) is 59.5 Å². The molecule has 0 saturated heterocycles. The fraction of sp³-hybridized carbons (Fsp3) is 0.185. The first-order valence-electron chi connectivity index (χ1n) is 11.8. The second kappa shape index (κ2) is 9.39. The molecule has 0 aliphatic heterocycles. The average molecular weight is 533 g/mol. The molecule has 2 heterocycles. The number of nitrogens with zero attached hydrogens (tertiary/aromatic N) is 5. The molecule has 4 aromatic rings. The van der Waals surface area contributed by atoms with E-state index in [9.17, 15) is 28.6 Å². The molecule has 0 radical (unpaired) electrons. The SMILES string of the molecule is CC1(C(=O)O)C=CCC(C(=O)O)(c2ccc(-c3cnc(N)c(-c4nnnn4-c4cccc(F)c4F)c3)cc2)C1. The standard InChI is InChI=1S/C27H22F2N6O4/c1-26(24(36)37)10-3-11-27(14-26,25(38)39)17-8-6-15(7-9-17)16-12-18(22(30)31-13-16)23-32-33-34-35(23)20-5-2-4-19(28)21(20)29/h2-10,12-13H,11,14H2,1H3,(H2,30,31)(H,36,37)(H,38,39). The van der Waals surface area contributed by atoms with E-state index in [1.54, 1.807) is 36.4 Å². The van der Waals surface area contributed by atoms with Crippen molar-refractivity contribution in [1.82, 2.24) is 25.2 Å². The summed E-state index contributed by atoms with van der Waals surface area (Å²) in [5.74, 6) is -4.32. The lowest BCUT2D eigenvalue weighted by atomic mass is 9.63. The summed E-state index contributed by atoms with van der Waals surface area (Å²) in [6.07, 6.45) is 4.69. The molecule has 39 heavy (non-hydrogen) atoms. The van der Waals surface area contributed by atoms with Crippen molar-refractivity contribution in [2.24, 2.45) is 5.41 Å². The first kappa shape index (κ1) is 25.6.